The number of ether oxygens (including phenoxy) is 1. The third-order valence-corrected chi connectivity index (χ3v) is 4.94. The molecule has 0 aliphatic rings. The third kappa shape index (κ3) is 4.83. The standard InChI is InChI=1S/C18H22N2O3S/c1-4-15-13(3)11-16(24-15)18(22)20-19-17(21)9-10-23-14-8-6-5-7-12(14)2/h5-8,11H,4,9-10H2,1-3H3,(H,19,21)(H,20,22). The highest BCUT2D eigenvalue weighted by atomic mass is 32.1. The predicted molar refractivity (Wildman–Crippen MR) is 95.3 cm³/mol. The van der Waals surface area contributed by atoms with Crippen LogP contribution in [0.5, 0.6) is 5.75 Å². The minimum absolute atomic E-state index is 0.165. The van der Waals surface area contributed by atoms with Gasteiger partial charge in [0, 0.05) is 4.88 Å². The van der Waals surface area contributed by atoms with Gasteiger partial charge in [-0.2, -0.15) is 0 Å². The van der Waals surface area contributed by atoms with Gasteiger partial charge in [-0.05, 0) is 43.5 Å². The number of hydrogen-bond donors (Lipinski definition) is 2. The van der Waals surface area contributed by atoms with E-state index >= 15 is 0 Å². The molecule has 1 aromatic heterocycles. The van der Waals surface area contributed by atoms with Gasteiger partial charge in [-0.3, -0.25) is 20.4 Å². The van der Waals surface area contributed by atoms with Crippen molar-refractivity contribution in [2.24, 2.45) is 0 Å². The molecule has 2 N–H and O–H groups in total. The lowest BCUT2D eigenvalue weighted by Gasteiger charge is -2.09. The minimum atomic E-state index is -0.295. The lowest BCUT2D eigenvalue weighted by atomic mass is 10.2. The Morgan fingerprint density at radius 2 is 1.88 bits per heavy atom. The van der Waals surface area contributed by atoms with E-state index in [2.05, 4.69) is 17.8 Å². The second kappa shape index (κ2) is 8.49. The molecular formula is C18H22N2O3S. The molecule has 1 heterocycles. The van der Waals surface area contributed by atoms with Crippen molar-refractivity contribution in [2.75, 3.05) is 6.61 Å². The van der Waals surface area contributed by atoms with Crippen LogP contribution in [0.3, 0.4) is 0 Å². The number of aryl methyl sites for hydroxylation is 3. The molecule has 0 unspecified atom stereocenters. The van der Waals surface area contributed by atoms with Gasteiger partial charge in [0.25, 0.3) is 5.91 Å². The van der Waals surface area contributed by atoms with Crippen molar-refractivity contribution in [2.45, 2.75) is 33.6 Å². The highest BCUT2D eigenvalue weighted by Gasteiger charge is 2.12. The number of carbonyl (C=O) groups excluding carboxylic acids is 2. The van der Waals surface area contributed by atoms with Crippen LogP contribution in [0.2, 0.25) is 0 Å². The summed E-state index contributed by atoms with van der Waals surface area (Å²) in [4.78, 5) is 25.6. The minimum Gasteiger partial charge on any atom is -0.493 e. The molecule has 128 valence electrons. The Morgan fingerprint density at radius 3 is 2.54 bits per heavy atom. The molecule has 0 aliphatic heterocycles. The van der Waals surface area contributed by atoms with Crippen molar-refractivity contribution < 1.29 is 14.3 Å². The number of carbonyl (C=O) groups is 2. The Bertz CT molecular complexity index is 725. The fraction of sp³-hybridized carbons (Fsp3) is 0.333. The van der Waals surface area contributed by atoms with Gasteiger partial charge in [-0.1, -0.05) is 25.1 Å². The monoisotopic (exact) mass is 346 g/mol. The lowest BCUT2D eigenvalue weighted by molar-refractivity contribution is -0.122. The highest BCUT2D eigenvalue weighted by Crippen LogP contribution is 2.22. The van der Waals surface area contributed by atoms with Crippen LogP contribution in [0.25, 0.3) is 0 Å². The Morgan fingerprint density at radius 1 is 1.12 bits per heavy atom. The van der Waals surface area contributed by atoms with Crippen molar-refractivity contribution in [3.05, 3.63) is 51.2 Å². The lowest BCUT2D eigenvalue weighted by Crippen LogP contribution is -2.41. The molecule has 2 aromatic rings. The summed E-state index contributed by atoms with van der Waals surface area (Å²) in [7, 11) is 0. The van der Waals surface area contributed by atoms with Gasteiger partial charge in [-0.15, -0.1) is 11.3 Å². The van der Waals surface area contributed by atoms with Crippen LogP contribution in [0.15, 0.2) is 30.3 Å². The number of nitrogens with one attached hydrogen (secondary N) is 2. The van der Waals surface area contributed by atoms with Crippen LogP contribution in [-0.2, 0) is 11.2 Å². The van der Waals surface area contributed by atoms with E-state index in [9.17, 15) is 9.59 Å². The number of thiophene rings is 1. The number of benzene rings is 1. The summed E-state index contributed by atoms with van der Waals surface area (Å²) in [6.45, 7) is 6.23. The second-order valence-corrected chi connectivity index (χ2v) is 6.57. The maximum Gasteiger partial charge on any atom is 0.279 e. The van der Waals surface area contributed by atoms with E-state index < -0.39 is 0 Å². The number of para-hydroxylation sites is 1. The highest BCUT2D eigenvalue weighted by molar-refractivity contribution is 7.14. The van der Waals surface area contributed by atoms with Crippen LogP contribution in [0, 0.1) is 13.8 Å². The molecule has 0 radical (unpaired) electrons. The second-order valence-electron chi connectivity index (χ2n) is 5.44. The molecular weight excluding hydrogens is 324 g/mol. The number of amides is 2. The Labute approximate surface area is 146 Å². The van der Waals surface area contributed by atoms with Gasteiger partial charge in [0.2, 0.25) is 5.91 Å². The molecule has 0 saturated carbocycles. The smallest absolute Gasteiger partial charge is 0.279 e. The van der Waals surface area contributed by atoms with Crippen molar-refractivity contribution in [1.82, 2.24) is 10.9 Å². The predicted octanol–water partition coefficient (Wildman–Crippen LogP) is 3.16. The van der Waals surface area contributed by atoms with Gasteiger partial charge in [-0.25, -0.2) is 0 Å². The number of hydrogen-bond acceptors (Lipinski definition) is 4. The maximum absolute atomic E-state index is 12.0. The van der Waals surface area contributed by atoms with E-state index in [0.29, 0.717) is 4.88 Å². The van der Waals surface area contributed by atoms with Crippen molar-refractivity contribution in [1.29, 1.82) is 0 Å². The zero-order chi connectivity index (χ0) is 17.5. The van der Waals surface area contributed by atoms with E-state index in [1.54, 1.807) is 0 Å². The van der Waals surface area contributed by atoms with Gasteiger partial charge >= 0.3 is 0 Å². The average Bonchev–Trinajstić information content (AvgIpc) is 2.95. The van der Waals surface area contributed by atoms with Crippen LogP contribution < -0.4 is 15.6 Å². The summed E-state index contributed by atoms with van der Waals surface area (Å²) in [6, 6.07) is 9.46. The average molecular weight is 346 g/mol. The summed E-state index contributed by atoms with van der Waals surface area (Å²) >= 11 is 1.45. The normalized spacial score (nSPS) is 10.3. The van der Waals surface area contributed by atoms with E-state index in [0.717, 1.165) is 23.3 Å². The third-order valence-electron chi connectivity index (χ3n) is 3.56. The fourth-order valence-corrected chi connectivity index (χ4v) is 3.21. The van der Waals surface area contributed by atoms with Crippen molar-refractivity contribution in [3.63, 3.8) is 0 Å². The summed E-state index contributed by atoms with van der Waals surface area (Å²) in [5, 5.41) is 0. The summed E-state index contributed by atoms with van der Waals surface area (Å²) in [5.41, 5.74) is 6.98. The van der Waals surface area contributed by atoms with Crippen LogP contribution in [0.4, 0.5) is 0 Å². The van der Waals surface area contributed by atoms with E-state index in [-0.39, 0.29) is 24.8 Å². The Kier molecular flexibility index (Phi) is 6.37. The Hall–Kier alpha value is -2.34. The summed E-state index contributed by atoms with van der Waals surface area (Å²) in [5.74, 6) is 0.174. The van der Waals surface area contributed by atoms with Crippen LogP contribution in [0.1, 0.15) is 39.0 Å². The molecule has 0 saturated heterocycles. The van der Waals surface area contributed by atoms with E-state index in [1.807, 2.05) is 44.2 Å². The summed E-state index contributed by atoms with van der Waals surface area (Å²) < 4.78 is 5.56. The maximum atomic E-state index is 12.0. The molecule has 0 bridgehead atoms. The fourth-order valence-electron chi connectivity index (χ4n) is 2.21. The molecule has 2 amide bonds. The molecule has 0 atom stereocenters. The zero-order valence-corrected chi connectivity index (χ0v) is 15.0. The molecule has 0 spiro atoms. The Balaban J connectivity index is 1.74. The molecule has 6 heteroatoms. The van der Waals surface area contributed by atoms with Crippen LogP contribution in [-0.4, -0.2) is 18.4 Å². The topological polar surface area (TPSA) is 67.4 Å². The number of rotatable bonds is 6. The van der Waals surface area contributed by atoms with E-state index in [4.69, 9.17) is 4.74 Å². The van der Waals surface area contributed by atoms with Crippen molar-refractivity contribution in [3.8, 4) is 5.75 Å². The molecule has 1 aromatic carbocycles. The summed E-state index contributed by atoms with van der Waals surface area (Å²) in [6.07, 6.45) is 1.06. The zero-order valence-electron chi connectivity index (χ0n) is 14.1. The molecule has 2 rings (SSSR count). The van der Waals surface area contributed by atoms with Gasteiger partial charge in [0.15, 0.2) is 0 Å². The molecule has 24 heavy (non-hydrogen) atoms. The first kappa shape index (κ1) is 18.0. The van der Waals surface area contributed by atoms with Gasteiger partial charge in [0.05, 0.1) is 17.9 Å². The quantitative estimate of drug-likeness (QED) is 0.790. The van der Waals surface area contributed by atoms with E-state index in [1.165, 1.54) is 16.2 Å². The van der Waals surface area contributed by atoms with Crippen LogP contribution >= 0.6 is 11.3 Å². The molecule has 0 aliphatic carbocycles. The largest absolute Gasteiger partial charge is 0.493 e. The first-order valence-electron chi connectivity index (χ1n) is 7.88. The first-order valence-corrected chi connectivity index (χ1v) is 8.69. The van der Waals surface area contributed by atoms with Gasteiger partial charge < -0.3 is 4.74 Å². The van der Waals surface area contributed by atoms with Crippen molar-refractivity contribution >= 4 is 23.2 Å². The molecule has 0 fully saturated rings. The SMILES string of the molecule is CCc1sc(C(=O)NNC(=O)CCOc2ccccc2C)cc1C. The molecule has 5 nitrogen and oxygen atoms in total. The first-order chi connectivity index (χ1) is 11.5. The van der Waals surface area contributed by atoms with Gasteiger partial charge in [0.1, 0.15) is 5.75 Å². The number of hydrazine groups is 1.